The molecule has 0 spiro atoms. The molecule has 1 fully saturated rings. The van der Waals surface area contributed by atoms with E-state index in [0.717, 1.165) is 4.31 Å². The Labute approximate surface area is 110 Å². The molecule has 19 heavy (non-hydrogen) atoms. The number of aryl methyl sites for hydroxylation is 1. The highest BCUT2D eigenvalue weighted by molar-refractivity contribution is 7.89. The molecule has 1 aromatic rings. The van der Waals surface area contributed by atoms with Gasteiger partial charge in [0.15, 0.2) is 0 Å². The van der Waals surface area contributed by atoms with Gasteiger partial charge in [-0.15, -0.1) is 0 Å². The molecule has 0 saturated carbocycles. The highest BCUT2D eigenvalue weighted by atomic mass is 32.2. The summed E-state index contributed by atoms with van der Waals surface area (Å²) in [6.45, 7) is 0.832. The molecule has 7 nitrogen and oxygen atoms in total. The van der Waals surface area contributed by atoms with Crippen molar-refractivity contribution in [1.29, 1.82) is 0 Å². The molecule has 0 bridgehead atoms. The average Bonchev–Trinajstić information content (AvgIpc) is 2.26. The summed E-state index contributed by atoms with van der Waals surface area (Å²) < 4.78 is 25.7. The van der Waals surface area contributed by atoms with Gasteiger partial charge in [0.25, 0.3) is 0 Å². The minimum atomic E-state index is -3.96. The highest BCUT2D eigenvalue weighted by Gasteiger charge is 2.34. The number of anilines is 1. The zero-order chi connectivity index (χ0) is 14.2. The number of rotatable bonds is 2. The van der Waals surface area contributed by atoms with Crippen LogP contribution in [0.3, 0.4) is 0 Å². The Morgan fingerprint density at radius 3 is 2.32 bits per heavy atom. The third kappa shape index (κ3) is 2.45. The summed E-state index contributed by atoms with van der Waals surface area (Å²) >= 11 is 0. The van der Waals surface area contributed by atoms with E-state index in [4.69, 9.17) is 5.73 Å². The van der Waals surface area contributed by atoms with Gasteiger partial charge in [-0.05, 0) is 18.6 Å². The van der Waals surface area contributed by atoms with Gasteiger partial charge in [0.05, 0.1) is 18.8 Å². The van der Waals surface area contributed by atoms with Crippen LogP contribution in [0.15, 0.2) is 23.1 Å². The van der Waals surface area contributed by atoms with Crippen molar-refractivity contribution in [3.63, 3.8) is 0 Å². The summed E-state index contributed by atoms with van der Waals surface area (Å²) in [5.74, 6) is -1.29. The van der Waals surface area contributed by atoms with Crippen LogP contribution in [0.25, 0.3) is 0 Å². The number of hydrogen-bond donors (Lipinski definition) is 2. The van der Waals surface area contributed by atoms with E-state index < -0.39 is 21.8 Å². The fourth-order valence-electron chi connectivity index (χ4n) is 1.94. The summed E-state index contributed by atoms with van der Waals surface area (Å²) in [4.78, 5) is 22.5. The molecule has 0 radical (unpaired) electrons. The fraction of sp³-hybridized carbons (Fsp3) is 0.273. The monoisotopic (exact) mass is 283 g/mol. The first-order valence-corrected chi connectivity index (χ1v) is 6.94. The third-order valence-electron chi connectivity index (χ3n) is 2.76. The molecule has 1 aromatic carbocycles. The van der Waals surface area contributed by atoms with Gasteiger partial charge in [0.2, 0.25) is 21.8 Å². The molecule has 102 valence electrons. The minimum absolute atomic E-state index is 0.0579. The predicted molar refractivity (Wildman–Crippen MR) is 67.5 cm³/mol. The molecule has 2 rings (SSSR count). The predicted octanol–water partition coefficient (Wildman–Crippen LogP) is -0.776. The van der Waals surface area contributed by atoms with Crippen LogP contribution in [-0.2, 0) is 19.6 Å². The Balaban J connectivity index is 2.48. The van der Waals surface area contributed by atoms with Gasteiger partial charge in [-0.2, -0.15) is 4.31 Å². The summed E-state index contributed by atoms with van der Waals surface area (Å²) in [7, 11) is -3.96. The van der Waals surface area contributed by atoms with Crippen molar-refractivity contribution >= 4 is 27.5 Å². The first-order valence-electron chi connectivity index (χ1n) is 5.50. The lowest BCUT2D eigenvalue weighted by Gasteiger charge is -2.26. The van der Waals surface area contributed by atoms with Gasteiger partial charge in [0.1, 0.15) is 4.90 Å². The molecule has 0 unspecified atom stereocenters. The molecule has 1 heterocycles. The number of carbonyl (C=O) groups excluding carboxylic acids is 2. The van der Waals surface area contributed by atoms with Crippen LogP contribution in [0.5, 0.6) is 0 Å². The second-order valence-corrected chi connectivity index (χ2v) is 6.11. The largest absolute Gasteiger partial charge is 0.398 e. The minimum Gasteiger partial charge on any atom is -0.398 e. The molecular weight excluding hydrogens is 270 g/mol. The van der Waals surface area contributed by atoms with Crippen molar-refractivity contribution in [3.05, 3.63) is 23.8 Å². The molecule has 8 heteroatoms. The smallest absolute Gasteiger partial charge is 0.246 e. The number of sulfonamides is 1. The Bertz CT molecular complexity index is 618. The van der Waals surface area contributed by atoms with E-state index in [0.29, 0.717) is 5.56 Å². The van der Waals surface area contributed by atoms with Crippen LogP contribution >= 0.6 is 0 Å². The quantitative estimate of drug-likeness (QED) is 0.547. The summed E-state index contributed by atoms with van der Waals surface area (Å²) in [5.41, 5.74) is 6.26. The SMILES string of the molecule is Cc1cccc(N)c1S(=O)(=O)N1CC(=O)NC(=O)C1. The summed E-state index contributed by atoms with van der Waals surface area (Å²) in [6.07, 6.45) is 0. The van der Waals surface area contributed by atoms with Crippen LogP contribution in [0, 0.1) is 6.92 Å². The van der Waals surface area contributed by atoms with Crippen LogP contribution < -0.4 is 11.1 Å². The van der Waals surface area contributed by atoms with Crippen LogP contribution in [0.4, 0.5) is 5.69 Å². The van der Waals surface area contributed by atoms with Crippen LogP contribution in [-0.4, -0.2) is 37.6 Å². The fourth-order valence-corrected chi connectivity index (χ4v) is 3.61. The Morgan fingerprint density at radius 2 is 1.79 bits per heavy atom. The number of carbonyl (C=O) groups is 2. The Kier molecular flexibility index (Phi) is 3.29. The molecule has 1 aliphatic heterocycles. The molecule has 3 N–H and O–H groups in total. The maximum atomic E-state index is 12.4. The zero-order valence-electron chi connectivity index (χ0n) is 10.2. The number of nitrogens with one attached hydrogen (secondary N) is 1. The third-order valence-corrected chi connectivity index (χ3v) is 4.77. The van der Waals surface area contributed by atoms with Gasteiger partial charge in [-0.25, -0.2) is 8.42 Å². The topological polar surface area (TPSA) is 110 Å². The second-order valence-electron chi connectivity index (χ2n) is 4.24. The zero-order valence-corrected chi connectivity index (χ0v) is 11.0. The van der Waals surface area contributed by atoms with E-state index in [-0.39, 0.29) is 23.7 Å². The molecule has 1 saturated heterocycles. The first kappa shape index (κ1) is 13.5. The lowest BCUT2D eigenvalue weighted by molar-refractivity contribution is -0.134. The molecule has 2 amide bonds. The maximum absolute atomic E-state index is 12.4. The van der Waals surface area contributed by atoms with E-state index in [2.05, 4.69) is 0 Å². The number of piperazine rings is 1. The number of nitrogen functional groups attached to an aromatic ring is 1. The normalized spacial score (nSPS) is 17.3. The van der Waals surface area contributed by atoms with Crippen molar-refractivity contribution in [2.24, 2.45) is 0 Å². The van der Waals surface area contributed by atoms with E-state index in [1.165, 1.54) is 6.07 Å². The van der Waals surface area contributed by atoms with Crippen molar-refractivity contribution in [1.82, 2.24) is 9.62 Å². The first-order chi connectivity index (χ1) is 8.82. The van der Waals surface area contributed by atoms with E-state index in [1.54, 1.807) is 19.1 Å². The van der Waals surface area contributed by atoms with Gasteiger partial charge in [-0.1, -0.05) is 12.1 Å². The molecule has 0 aromatic heterocycles. The number of hydrogen-bond acceptors (Lipinski definition) is 5. The van der Waals surface area contributed by atoms with Crippen molar-refractivity contribution < 1.29 is 18.0 Å². The molecular formula is C11H13N3O4S. The lowest BCUT2D eigenvalue weighted by Crippen LogP contribution is -2.53. The highest BCUT2D eigenvalue weighted by Crippen LogP contribution is 2.26. The Hall–Kier alpha value is -1.93. The van der Waals surface area contributed by atoms with Gasteiger partial charge >= 0.3 is 0 Å². The number of imide groups is 1. The lowest BCUT2D eigenvalue weighted by atomic mass is 10.2. The summed E-state index contributed by atoms with van der Waals surface area (Å²) in [5, 5.41) is 2.05. The van der Waals surface area contributed by atoms with Gasteiger partial charge < -0.3 is 5.73 Å². The summed E-state index contributed by atoms with van der Waals surface area (Å²) in [6, 6.07) is 4.71. The average molecular weight is 283 g/mol. The standard InChI is InChI=1S/C11H13N3O4S/c1-7-3-2-4-8(12)11(7)19(17,18)14-5-9(15)13-10(16)6-14/h2-4H,5-6,12H2,1H3,(H,13,15,16). The molecule has 0 aliphatic carbocycles. The Morgan fingerprint density at radius 1 is 1.21 bits per heavy atom. The van der Waals surface area contributed by atoms with E-state index in [1.807, 2.05) is 5.32 Å². The number of amides is 2. The number of nitrogens with zero attached hydrogens (tertiary/aromatic N) is 1. The van der Waals surface area contributed by atoms with Gasteiger partial charge in [-0.3, -0.25) is 14.9 Å². The van der Waals surface area contributed by atoms with Crippen molar-refractivity contribution in [3.8, 4) is 0 Å². The maximum Gasteiger partial charge on any atom is 0.246 e. The van der Waals surface area contributed by atoms with Crippen molar-refractivity contribution in [2.45, 2.75) is 11.8 Å². The van der Waals surface area contributed by atoms with Crippen LogP contribution in [0.2, 0.25) is 0 Å². The van der Waals surface area contributed by atoms with Gasteiger partial charge in [0, 0.05) is 0 Å². The molecule has 0 atom stereocenters. The number of nitrogens with two attached hydrogens (primary N) is 1. The molecule has 1 aliphatic rings. The number of benzene rings is 1. The van der Waals surface area contributed by atoms with E-state index >= 15 is 0 Å². The second kappa shape index (κ2) is 4.63. The van der Waals surface area contributed by atoms with E-state index in [9.17, 15) is 18.0 Å². The van der Waals surface area contributed by atoms with Crippen LogP contribution in [0.1, 0.15) is 5.56 Å². The van der Waals surface area contributed by atoms with Crippen molar-refractivity contribution in [2.75, 3.05) is 18.8 Å².